The number of piperidine rings is 1. The summed E-state index contributed by atoms with van der Waals surface area (Å²) in [4.78, 5) is 19.4. The Morgan fingerprint density at radius 2 is 2.21 bits per heavy atom. The van der Waals surface area contributed by atoms with E-state index in [-0.39, 0.29) is 6.03 Å². The van der Waals surface area contributed by atoms with Crippen molar-refractivity contribution in [3.63, 3.8) is 0 Å². The number of halogens is 1. The maximum Gasteiger partial charge on any atom is 0.321 e. The maximum absolute atomic E-state index is 12.5. The number of nitrogens with zero attached hydrogens (tertiary/aromatic N) is 2. The monoisotopic (exact) mass is 389 g/mol. The number of carbonyl (C=O) groups excluding carboxylic acids is 1. The molecule has 3 atom stereocenters. The lowest BCUT2D eigenvalue weighted by atomic mass is 10.1. The van der Waals surface area contributed by atoms with E-state index in [4.69, 9.17) is 4.42 Å². The summed E-state index contributed by atoms with van der Waals surface area (Å²) >= 11 is 3.69. The minimum Gasteiger partial charge on any atom is -0.444 e. The molecule has 2 aromatic rings. The summed E-state index contributed by atoms with van der Waals surface area (Å²) in [6.07, 6.45) is 2.72. The molecule has 2 amide bonds. The molecule has 1 N–H and O–H groups in total. The lowest BCUT2D eigenvalue weighted by molar-refractivity contribution is 0.197. The van der Waals surface area contributed by atoms with E-state index in [1.165, 1.54) is 0 Å². The molecule has 6 heteroatoms. The molecule has 1 saturated heterocycles. The molecule has 0 bridgehead atoms. The van der Waals surface area contributed by atoms with E-state index in [0.29, 0.717) is 16.6 Å². The smallest absolute Gasteiger partial charge is 0.321 e. The van der Waals surface area contributed by atoms with Gasteiger partial charge in [-0.2, -0.15) is 0 Å². The van der Waals surface area contributed by atoms with Gasteiger partial charge in [-0.25, -0.2) is 9.78 Å². The molecular weight excluding hydrogens is 370 g/mol. The zero-order valence-corrected chi connectivity index (χ0v) is 15.3. The summed E-state index contributed by atoms with van der Waals surface area (Å²) in [5.74, 6) is 1.96. The molecule has 126 valence electrons. The third kappa shape index (κ3) is 2.83. The summed E-state index contributed by atoms with van der Waals surface area (Å²) in [6, 6.07) is 5.80. The zero-order valence-electron chi connectivity index (χ0n) is 13.8. The quantitative estimate of drug-likeness (QED) is 0.782. The maximum atomic E-state index is 12.5. The number of hydrogen-bond acceptors (Lipinski definition) is 3. The predicted molar refractivity (Wildman–Crippen MR) is 96.3 cm³/mol. The predicted octanol–water partition coefficient (Wildman–Crippen LogP) is 4.21. The van der Waals surface area contributed by atoms with Crippen LogP contribution in [0, 0.1) is 25.7 Å². The largest absolute Gasteiger partial charge is 0.444 e. The first-order valence-electron chi connectivity index (χ1n) is 8.26. The topological polar surface area (TPSA) is 58.4 Å². The van der Waals surface area contributed by atoms with E-state index in [0.717, 1.165) is 47.9 Å². The van der Waals surface area contributed by atoms with Gasteiger partial charge < -0.3 is 14.6 Å². The van der Waals surface area contributed by atoms with Crippen LogP contribution in [0.15, 0.2) is 28.9 Å². The Balaban J connectivity index is 1.49. The van der Waals surface area contributed by atoms with Gasteiger partial charge in [-0.3, -0.25) is 0 Å². The second-order valence-corrected chi connectivity index (χ2v) is 7.82. The molecule has 1 aromatic carbocycles. The molecule has 0 spiro atoms. The van der Waals surface area contributed by atoms with Crippen molar-refractivity contribution in [3.8, 4) is 11.5 Å². The molecule has 5 nitrogen and oxygen atoms in total. The Kier molecular flexibility index (Phi) is 3.87. The number of hydrogen-bond donors (Lipinski definition) is 1. The second-order valence-electron chi connectivity index (χ2n) is 6.76. The van der Waals surface area contributed by atoms with E-state index < -0.39 is 0 Å². The Morgan fingerprint density at radius 1 is 1.38 bits per heavy atom. The Hall–Kier alpha value is -1.82. The molecule has 24 heavy (non-hydrogen) atoms. The molecule has 1 aliphatic heterocycles. The van der Waals surface area contributed by atoms with E-state index in [1.807, 2.05) is 36.9 Å². The van der Waals surface area contributed by atoms with Gasteiger partial charge in [0.25, 0.3) is 0 Å². The minimum absolute atomic E-state index is 0.0292. The van der Waals surface area contributed by atoms with Crippen molar-refractivity contribution >= 4 is 27.6 Å². The van der Waals surface area contributed by atoms with Gasteiger partial charge in [0, 0.05) is 29.2 Å². The van der Waals surface area contributed by atoms with Crippen molar-refractivity contribution in [2.75, 3.05) is 18.4 Å². The molecule has 2 fully saturated rings. The standard InChI is InChI=1S/C18H20BrN3O2/c1-10-3-4-12(7-14(10)17-20-11(2)9-24-17)21-18(23)22-6-5-13-15(8-22)16(13)19/h3-4,7,9,13,15-16H,5-6,8H2,1-2H3,(H,21,23)/t13?,15-,16?/m1/s1. The number of fused-ring (bicyclic) bond motifs is 1. The van der Waals surface area contributed by atoms with Gasteiger partial charge >= 0.3 is 6.03 Å². The van der Waals surface area contributed by atoms with Crippen molar-refractivity contribution < 1.29 is 9.21 Å². The van der Waals surface area contributed by atoms with Crippen LogP contribution in [-0.4, -0.2) is 33.8 Å². The molecule has 1 aromatic heterocycles. The number of rotatable bonds is 2. The van der Waals surface area contributed by atoms with Crippen molar-refractivity contribution in [1.82, 2.24) is 9.88 Å². The number of benzene rings is 1. The summed E-state index contributed by atoms with van der Waals surface area (Å²) in [5.41, 5.74) is 3.58. The van der Waals surface area contributed by atoms with Gasteiger partial charge in [0.1, 0.15) is 6.26 Å². The van der Waals surface area contributed by atoms with Gasteiger partial charge in [0.05, 0.1) is 5.69 Å². The third-order valence-corrected chi connectivity index (χ3v) is 6.37. The number of nitrogens with one attached hydrogen (secondary N) is 1. The van der Waals surface area contributed by atoms with Crippen LogP contribution in [0.3, 0.4) is 0 Å². The molecule has 0 radical (unpaired) electrons. The van der Waals surface area contributed by atoms with E-state index in [2.05, 4.69) is 26.2 Å². The van der Waals surface area contributed by atoms with Crippen LogP contribution in [-0.2, 0) is 0 Å². The highest BCUT2D eigenvalue weighted by Crippen LogP contribution is 2.50. The SMILES string of the molecule is Cc1coc(-c2cc(NC(=O)N3CCC4C(Br)[C@@H]4C3)ccc2C)n1. The summed E-state index contributed by atoms with van der Waals surface area (Å²) in [5, 5.41) is 3.01. The number of amides is 2. The molecule has 1 aliphatic carbocycles. The number of aryl methyl sites for hydroxylation is 2. The van der Waals surface area contributed by atoms with Crippen LogP contribution < -0.4 is 5.32 Å². The molecule has 2 aliphatic rings. The van der Waals surface area contributed by atoms with E-state index in [9.17, 15) is 4.79 Å². The number of oxazole rings is 1. The molecule has 4 rings (SSSR count). The Bertz CT molecular complexity index is 788. The van der Waals surface area contributed by atoms with Crippen LogP contribution in [0.5, 0.6) is 0 Å². The molecular formula is C18H20BrN3O2. The van der Waals surface area contributed by atoms with Gasteiger partial charge in [-0.1, -0.05) is 22.0 Å². The van der Waals surface area contributed by atoms with Crippen molar-refractivity contribution in [2.45, 2.75) is 25.1 Å². The molecule has 2 unspecified atom stereocenters. The average molecular weight is 390 g/mol. The average Bonchev–Trinajstić information content (AvgIpc) is 3.00. The summed E-state index contributed by atoms with van der Waals surface area (Å²) < 4.78 is 5.50. The Morgan fingerprint density at radius 3 is 2.92 bits per heavy atom. The van der Waals surface area contributed by atoms with Crippen molar-refractivity contribution in [3.05, 3.63) is 35.7 Å². The highest BCUT2D eigenvalue weighted by molar-refractivity contribution is 9.09. The van der Waals surface area contributed by atoms with Crippen LogP contribution in [0.2, 0.25) is 0 Å². The number of urea groups is 1. The van der Waals surface area contributed by atoms with E-state index in [1.54, 1.807) is 6.26 Å². The first-order chi connectivity index (χ1) is 11.5. The number of carbonyl (C=O) groups is 1. The highest BCUT2D eigenvalue weighted by atomic mass is 79.9. The molecule has 1 saturated carbocycles. The van der Waals surface area contributed by atoms with Crippen molar-refractivity contribution in [2.24, 2.45) is 11.8 Å². The van der Waals surface area contributed by atoms with Crippen LogP contribution in [0.25, 0.3) is 11.5 Å². The van der Waals surface area contributed by atoms with Crippen molar-refractivity contribution in [1.29, 1.82) is 0 Å². The third-order valence-electron chi connectivity index (χ3n) is 5.02. The fraction of sp³-hybridized carbons (Fsp3) is 0.444. The van der Waals surface area contributed by atoms with Gasteiger partial charge in [-0.05, 0) is 49.8 Å². The minimum atomic E-state index is -0.0292. The van der Waals surface area contributed by atoms with Gasteiger partial charge in [0.2, 0.25) is 5.89 Å². The normalized spacial score (nSPS) is 25.3. The fourth-order valence-electron chi connectivity index (χ4n) is 3.45. The zero-order chi connectivity index (χ0) is 16.8. The van der Waals surface area contributed by atoms with Crippen LogP contribution >= 0.6 is 15.9 Å². The lowest BCUT2D eigenvalue weighted by Crippen LogP contribution is -2.39. The van der Waals surface area contributed by atoms with E-state index >= 15 is 0 Å². The second kappa shape index (κ2) is 5.92. The first-order valence-corrected chi connectivity index (χ1v) is 9.17. The van der Waals surface area contributed by atoms with Gasteiger partial charge in [0.15, 0.2) is 0 Å². The number of aromatic nitrogens is 1. The summed E-state index contributed by atoms with van der Waals surface area (Å²) in [6.45, 7) is 5.57. The number of alkyl halides is 1. The first kappa shape index (κ1) is 15.7. The van der Waals surface area contributed by atoms with Crippen LogP contribution in [0.1, 0.15) is 17.7 Å². The molecule has 2 heterocycles. The van der Waals surface area contributed by atoms with Crippen LogP contribution in [0.4, 0.5) is 10.5 Å². The highest BCUT2D eigenvalue weighted by Gasteiger charge is 2.51. The van der Waals surface area contributed by atoms with Gasteiger partial charge in [-0.15, -0.1) is 0 Å². The number of likely N-dealkylation sites (tertiary alicyclic amines) is 1. The lowest BCUT2D eigenvalue weighted by Gasteiger charge is -2.26. The number of anilines is 1. The fourth-order valence-corrected chi connectivity index (χ4v) is 4.49. The summed E-state index contributed by atoms with van der Waals surface area (Å²) in [7, 11) is 0. The Labute approximate surface area is 149 Å².